The summed E-state index contributed by atoms with van der Waals surface area (Å²) in [6, 6.07) is 0. The van der Waals surface area contributed by atoms with E-state index in [1.807, 2.05) is 0 Å². The molecular weight excluding hydrogens is 136 g/mol. The van der Waals surface area contributed by atoms with E-state index in [-0.39, 0.29) is 0 Å². The lowest BCUT2D eigenvalue weighted by Crippen LogP contribution is -2.00. The van der Waals surface area contributed by atoms with Gasteiger partial charge in [-0.2, -0.15) is 0 Å². The third-order valence-corrected chi connectivity index (χ3v) is 1.49. The van der Waals surface area contributed by atoms with E-state index in [1.165, 1.54) is 0 Å². The quantitative estimate of drug-likeness (QED) is 0.522. The van der Waals surface area contributed by atoms with Gasteiger partial charge in [-0.25, -0.2) is 5.11 Å². The molecule has 1 nitrogen and oxygen atoms in total. The second-order valence-electron chi connectivity index (χ2n) is 2.60. The third-order valence-electron chi connectivity index (χ3n) is 1.49. The third kappa shape index (κ3) is 7.34. The average Bonchev–Trinajstić information content (AvgIpc) is 1.99. The number of hydrogen-bond donors (Lipinski definition) is 0. The zero-order chi connectivity index (χ0) is 8.53. The lowest BCUT2D eigenvalue weighted by molar-refractivity contribution is 0.0848. The molecule has 1 atom stereocenters. The van der Waals surface area contributed by atoms with Gasteiger partial charge in [0.1, 0.15) is 0 Å². The van der Waals surface area contributed by atoms with Gasteiger partial charge in [-0.3, -0.25) is 0 Å². The maximum atomic E-state index is 11.0. The molecule has 0 aromatic rings. The fourth-order valence-electron chi connectivity index (χ4n) is 0.870. The smallest absolute Gasteiger partial charge is 0.0967 e. The van der Waals surface area contributed by atoms with Crippen LogP contribution in [0.25, 0.3) is 0 Å². The molecule has 0 saturated carbocycles. The standard InChI is InChI=1S/C10H17O/c1-3-5-6-7-9-10(11)8-4-2/h4-6,10H,2-3,7-9H2,1H3. The SMILES string of the molecule is C=CCC([O])CCC=CCC. The number of allylic oxidation sites excluding steroid dienone is 2. The first-order valence-electron chi connectivity index (χ1n) is 4.23. The van der Waals surface area contributed by atoms with Gasteiger partial charge < -0.3 is 0 Å². The van der Waals surface area contributed by atoms with Crippen molar-refractivity contribution in [1.82, 2.24) is 0 Å². The van der Waals surface area contributed by atoms with Crippen molar-refractivity contribution in [3.05, 3.63) is 24.8 Å². The first-order valence-corrected chi connectivity index (χ1v) is 4.23. The van der Waals surface area contributed by atoms with E-state index in [0.717, 1.165) is 19.3 Å². The van der Waals surface area contributed by atoms with Gasteiger partial charge in [0.15, 0.2) is 0 Å². The van der Waals surface area contributed by atoms with Crippen LogP contribution in [-0.2, 0) is 5.11 Å². The summed E-state index contributed by atoms with van der Waals surface area (Å²) in [5.74, 6) is 0. The zero-order valence-corrected chi connectivity index (χ0v) is 7.25. The van der Waals surface area contributed by atoms with Crippen molar-refractivity contribution in [3.8, 4) is 0 Å². The van der Waals surface area contributed by atoms with E-state index < -0.39 is 6.10 Å². The molecule has 0 aromatic carbocycles. The highest BCUT2D eigenvalue weighted by atomic mass is 16.3. The van der Waals surface area contributed by atoms with Gasteiger partial charge in [-0.05, 0) is 25.7 Å². The molecule has 0 spiro atoms. The summed E-state index contributed by atoms with van der Waals surface area (Å²) in [5.41, 5.74) is 0. The van der Waals surface area contributed by atoms with Gasteiger partial charge in [0, 0.05) is 0 Å². The summed E-state index contributed by atoms with van der Waals surface area (Å²) in [6.45, 7) is 5.62. The Balaban J connectivity index is 3.22. The fourth-order valence-corrected chi connectivity index (χ4v) is 0.870. The Bertz CT molecular complexity index is 116. The molecule has 11 heavy (non-hydrogen) atoms. The Labute approximate surface area is 69.4 Å². The topological polar surface area (TPSA) is 19.9 Å². The molecule has 0 N–H and O–H groups in total. The molecule has 1 unspecified atom stereocenters. The maximum Gasteiger partial charge on any atom is 0.0967 e. The summed E-state index contributed by atoms with van der Waals surface area (Å²) in [4.78, 5) is 0. The van der Waals surface area contributed by atoms with Crippen molar-refractivity contribution >= 4 is 0 Å². The van der Waals surface area contributed by atoms with Crippen molar-refractivity contribution in [2.24, 2.45) is 0 Å². The predicted molar refractivity (Wildman–Crippen MR) is 48.0 cm³/mol. The van der Waals surface area contributed by atoms with Crippen LogP contribution in [0.3, 0.4) is 0 Å². The first-order chi connectivity index (χ1) is 5.31. The second-order valence-corrected chi connectivity index (χ2v) is 2.60. The monoisotopic (exact) mass is 153 g/mol. The molecule has 0 aliphatic rings. The Hall–Kier alpha value is -0.560. The molecule has 0 bridgehead atoms. The lowest BCUT2D eigenvalue weighted by Gasteiger charge is -2.00. The van der Waals surface area contributed by atoms with Gasteiger partial charge in [0.25, 0.3) is 0 Å². The summed E-state index contributed by atoms with van der Waals surface area (Å²) in [5, 5.41) is 11.0. The molecule has 0 aliphatic carbocycles. The molecule has 1 radical (unpaired) electrons. The number of hydrogen-bond acceptors (Lipinski definition) is 0. The van der Waals surface area contributed by atoms with Crippen molar-refractivity contribution in [1.29, 1.82) is 0 Å². The molecule has 0 aromatic heterocycles. The Morgan fingerprint density at radius 3 is 2.73 bits per heavy atom. The summed E-state index contributed by atoms with van der Waals surface area (Å²) < 4.78 is 0. The van der Waals surface area contributed by atoms with Crippen molar-refractivity contribution in [2.75, 3.05) is 0 Å². The maximum absolute atomic E-state index is 11.0. The summed E-state index contributed by atoms with van der Waals surface area (Å²) >= 11 is 0. The molecule has 0 aliphatic heterocycles. The Kier molecular flexibility index (Phi) is 7.16. The van der Waals surface area contributed by atoms with Crippen LogP contribution in [0, 0.1) is 0 Å². The van der Waals surface area contributed by atoms with Gasteiger partial charge in [0.05, 0.1) is 6.10 Å². The van der Waals surface area contributed by atoms with Crippen LogP contribution in [0.5, 0.6) is 0 Å². The van der Waals surface area contributed by atoms with Gasteiger partial charge in [0.2, 0.25) is 0 Å². The van der Waals surface area contributed by atoms with E-state index in [0.29, 0.717) is 6.42 Å². The molecule has 0 amide bonds. The predicted octanol–water partition coefficient (Wildman–Crippen LogP) is 3.11. The molecular formula is C10H17O. The van der Waals surface area contributed by atoms with Crippen molar-refractivity contribution < 1.29 is 5.11 Å². The fraction of sp³-hybridized carbons (Fsp3) is 0.600. The summed E-state index contributed by atoms with van der Waals surface area (Å²) in [7, 11) is 0. The minimum atomic E-state index is -0.450. The van der Waals surface area contributed by atoms with Crippen LogP contribution < -0.4 is 0 Å². The minimum absolute atomic E-state index is 0.450. The zero-order valence-electron chi connectivity index (χ0n) is 7.25. The van der Waals surface area contributed by atoms with Crippen LogP contribution in [-0.4, -0.2) is 6.10 Å². The van der Waals surface area contributed by atoms with Crippen LogP contribution in [0.15, 0.2) is 24.8 Å². The molecule has 0 heterocycles. The van der Waals surface area contributed by atoms with E-state index in [2.05, 4.69) is 25.7 Å². The first kappa shape index (κ1) is 10.4. The van der Waals surface area contributed by atoms with Gasteiger partial charge in [-0.15, -0.1) is 6.58 Å². The largest absolute Gasteiger partial charge is 0.233 e. The molecule has 0 rings (SSSR count). The second kappa shape index (κ2) is 7.55. The van der Waals surface area contributed by atoms with E-state index in [1.54, 1.807) is 6.08 Å². The highest BCUT2D eigenvalue weighted by molar-refractivity contribution is 4.82. The molecule has 1 heteroatoms. The van der Waals surface area contributed by atoms with Gasteiger partial charge >= 0.3 is 0 Å². The lowest BCUT2D eigenvalue weighted by atomic mass is 10.1. The Morgan fingerprint density at radius 1 is 1.45 bits per heavy atom. The summed E-state index contributed by atoms with van der Waals surface area (Å²) in [6.07, 6.45) is 8.73. The highest BCUT2D eigenvalue weighted by Gasteiger charge is 2.00. The van der Waals surface area contributed by atoms with Crippen LogP contribution in [0.4, 0.5) is 0 Å². The van der Waals surface area contributed by atoms with E-state index in [9.17, 15) is 5.11 Å². The van der Waals surface area contributed by atoms with Crippen LogP contribution in [0.2, 0.25) is 0 Å². The minimum Gasteiger partial charge on any atom is -0.233 e. The molecule has 0 saturated heterocycles. The molecule has 0 fully saturated rings. The van der Waals surface area contributed by atoms with Gasteiger partial charge in [-0.1, -0.05) is 25.2 Å². The van der Waals surface area contributed by atoms with Crippen LogP contribution in [0.1, 0.15) is 32.6 Å². The number of rotatable bonds is 6. The van der Waals surface area contributed by atoms with E-state index >= 15 is 0 Å². The van der Waals surface area contributed by atoms with Crippen molar-refractivity contribution in [3.63, 3.8) is 0 Å². The van der Waals surface area contributed by atoms with E-state index in [4.69, 9.17) is 0 Å². The van der Waals surface area contributed by atoms with Crippen LogP contribution >= 0.6 is 0 Å². The average molecular weight is 153 g/mol. The molecule has 63 valence electrons. The normalized spacial score (nSPS) is 13.6. The Morgan fingerprint density at radius 2 is 2.18 bits per heavy atom. The highest BCUT2D eigenvalue weighted by Crippen LogP contribution is 2.03. The van der Waals surface area contributed by atoms with Crippen molar-refractivity contribution in [2.45, 2.75) is 38.7 Å².